The van der Waals surface area contributed by atoms with Crippen molar-refractivity contribution in [2.45, 2.75) is 6.04 Å². The summed E-state index contributed by atoms with van der Waals surface area (Å²) in [5.74, 6) is 6.90. The zero-order chi connectivity index (χ0) is 18.2. The predicted octanol–water partition coefficient (Wildman–Crippen LogP) is 6.05. The highest BCUT2D eigenvalue weighted by molar-refractivity contribution is 6.04. The van der Waals surface area contributed by atoms with E-state index in [4.69, 9.17) is 0 Å². The Morgan fingerprint density at radius 3 is 2.33 bits per heavy atom. The SMILES string of the molecule is CN1c2c(ccc3ccccc23)-c2ccccc2C1C#Cc1ccccc1. The molecule has 1 unspecified atom stereocenters. The van der Waals surface area contributed by atoms with Gasteiger partial charge >= 0.3 is 0 Å². The highest BCUT2D eigenvalue weighted by Crippen LogP contribution is 2.46. The Labute approximate surface area is 159 Å². The van der Waals surface area contributed by atoms with Crippen LogP contribution in [0.5, 0.6) is 0 Å². The van der Waals surface area contributed by atoms with Crippen LogP contribution in [0.4, 0.5) is 5.69 Å². The van der Waals surface area contributed by atoms with E-state index in [-0.39, 0.29) is 6.04 Å². The van der Waals surface area contributed by atoms with Gasteiger partial charge in [0.2, 0.25) is 0 Å². The van der Waals surface area contributed by atoms with E-state index in [2.05, 4.69) is 96.6 Å². The molecular weight excluding hydrogens is 326 g/mol. The van der Waals surface area contributed by atoms with Gasteiger partial charge in [-0.05, 0) is 28.6 Å². The van der Waals surface area contributed by atoms with Crippen LogP contribution in [0.3, 0.4) is 0 Å². The van der Waals surface area contributed by atoms with Crippen molar-refractivity contribution in [2.24, 2.45) is 0 Å². The lowest BCUT2D eigenvalue weighted by atomic mass is 9.86. The Bertz CT molecular complexity index is 1200. The number of fused-ring (bicyclic) bond motifs is 5. The molecule has 1 nitrogen and oxygen atoms in total. The molecule has 128 valence electrons. The summed E-state index contributed by atoms with van der Waals surface area (Å²) < 4.78 is 0. The topological polar surface area (TPSA) is 3.24 Å². The lowest BCUT2D eigenvalue weighted by Crippen LogP contribution is -2.27. The molecule has 0 N–H and O–H groups in total. The van der Waals surface area contributed by atoms with Crippen LogP contribution in [0.2, 0.25) is 0 Å². The Kier molecular flexibility index (Phi) is 3.69. The third-order valence-electron chi connectivity index (χ3n) is 5.31. The number of benzene rings is 4. The first-order chi connectivity index (χ1) is 13.3. The lowest BCUT2D eigenvalue weighted by molar-refractivity contribution is 0.828. The molecule has 5 rings (SSSR count). The van der Waals surface area contributed by atoms with Crippen LogP contribution in [0.25, 0.3) is 21.9 Å². The van der Waals surface area contributed by atoms with Gasteiger partial charge in [-0.15, -0.1) is 0 Å². The molecule has 0 radical (unpaired) electrons. The van der Waals surface area contributed by atoms with Crippen LogP contribution in [0.1, 0.15) is 17.2 Å². The van der Waals surface area contributed by atoms with Crippen molar-refractivity contribution in [2.75, 3.05) is 11.9 Å². The smallest absolute Gasteiger partial charge is 0.117 e. The first kappa shape index (κ1) is 15.7. The van der Waals surface area contributed by atoms with Crippen molar-refractivity contribution in [1.82, 2.24) is 0 Å². The minimum Gasteiger partial charge on any atom is -0.356 e. The molecule has 4 aromatic rings. The molecule has 0 aromatic heterocycles. The minimum absolute atomic E-state index is 0.0275. The fourth-order valence-electron chi connectivity index (χ4n) is 4.02. The molecule has 0 amide bonds. The normalized spacial score (nSPS) is 14.9. The van der Waals surface area contributed by atoms with Crippen molar-refractivity contribution in [3.63, 3.8) is 0 Å². The summed E-state index contributed by atoms with van der Waals surface area (Å²) in [7, 11) is 2.16. The second-order valence-corrected chi connectivity index (χ2v) is 6.92. The van der Waals surface area contributed by atoms with Crippen molar-refractivity contribution in [3.05, 3.63) is 102 Å². The maximum Gasteiger partial charge on any atom is 0.117 e. The molecule has 0 saturated heterocycles. The standard InChI is InChI=1S/C26H19N/c1-27-25(18-15-19-9-3-2-4-10-19)23-14-8-7-13-22(23)24-17-16-20-11-5-6-12-21(20)26(24)27/h2-14,16-17,25H,1H3. The number of hydrogen-bond acceptors (Lipinski definition) is 1. The van der Waals surface area contributed by atoms with E-state index >= 15 is 0 Å². The molecule has 1 heterocycles. The average Bonchev–Trinajstić information content (AvgIpc) is 2.74. The van der Waals surface area contributed by atoms with E-state index in [0.717, 1.165) is 5.56 Å². The number of hydrogen-bond donors (Lipinski definition) is 0. The average molecular weight is 345 g/mol. The fraction of sp³-hybridized carbons (Fsp3) is 0.0769. The molecule has 1 aliphatic rings. The van der Waals surface area contributed by atoms with Gasteiger partial charge in [-0.3, -0.25) is 0 Å². The van der Waals surface area contributed by atoms with Crippen molar-refractivity contribution in [1.29, 1.82) is 0 Å². The Hall–Kier alpha value is -3.50. The Morgan fingerprint density at radius 2 is 1.44 bits per heavy atom. The zero-order valence-electron chi connectivity index (χ0n) is 15.2. The Morgan fingerprint density at radius 1 is 0.704 bits per heavy atom. The number of rotatable bonds is 0. The molecule has 27 heavy (non-hydrogen) atoms. The molecule has 1 atom stereocenters. The maximum atomic E-state index is 3.53. The highest BCUT2D eigenvalue weighted by atomic mass is 15.1. The van der Waals surface area contributed by atoms with Gasteiger partial charge in [0, 0.05) is 23.6 Å². The largest absolute Gasteiger partial charge is 0.356 e. The first-order valence-electron chi connectivity index (χ1n) is 9.23. The van der Waals surface area contributed by atoms with Gasteiger partial charge in [-0.1, -0.05) is 90.7 Å². The van der Waals surface area contributed by atoms with E-state index in [1.54, 1.807) is 0 Å². The van der Waals surface area contributed by atoms with Gasteiger partial charge in [-0.25, -0.2) is 0 Å². The summed E-state index contributed by atoms with van der Waals surface area (Å²) in [5.41, 5.74) is 6.14. The molecule has 1 aliphatic heterocycles. The zero-order valence-corrected chi connectivity index (χ0v) is 15.2. The molecule has 0 aliphatic carbocycles. The number of anilines is 1. The summed E-state index contributed by atoms with van der Waals surface area (Å²) in [6.07, 6.45) is 0. The highest BCUT2D eigenvalue weighted by Gasteiger charge is 2.28. The first-order valence-corrected chi connectivity index (χ1v) is 9.23. The van der Waals surface area contributed by atoms with Crippen LogP contribution < -0.4 is 4.90 Å². The van der Waals surface area contributed by atoms with Gasteiger partial charge in [0.15, 0.2) is 0 Å². The monoisotopic (exact) mass is 345 g/mol. The van der Waals surface area contributed by atoms with E-state index in [9.17, 15) is 0 Å². The molecule has 4 aromatic carbocycles. The maximum absolute atomic E-state index is 3.53. The van der Waals surface area contributed by atoms with Gasteiger partial charge in [0.1, 0.15) is 6.04 Å². The Balaban J connectivity index is 1.74. The summed E-state index contributed by atoms with van der Waals surface area (Å²) in [6.45, 7) is 0. The van der Waals surface area contributed by atoms with Crippen LogP contribution in [-0.4, -0.2) is 7.05 Å². The van der Waals surface area contributed by atoms with Gasteiger partial charge in [0.25, 0.3) is 0 Å². The van der Waals surface area contributed by atoms with E-state index in [1.807, 2.05) is 18.2 Å². The summed E-state index contributed by atoms with van der Waals surface area (Å²) in [4.78, 5) is 2.33. The lowest BCUT2D eigenvalue weighted by Gasteiger charge is -2.36. The molecule has 0 saturated carbocycles. The van der Waals surface area contributed by atoms with Gasteiger partial charge < -0.3 is 4.90 Å². The van der Waals surface area contributed by atoms with E-state index < -0.39 is 0 Å². The van der Waals surface area contributed by atoms with E-state index in [0.29, 0.717) is 0 Å². The van der Waals surface area contributed by atoms with Crippen molar-refractivity contribution < 1.29 is 0 Å². The predicted molar refractivity (Wildman–Crippen MR) is 114 cm³/mol. The fourth-order valence-corrected chi connectivity index (χ4v) is 4.02. The van der Waals surface area contributed by atoms with E-state index in [1.165, 1.54) is 33.2 Å². The third-order valence-corrected chi connectivity index (χ3v) is 5.31. The van der Waals surface area contributed by atoms with Crippen molar-refractivity contribution >= 4 is 16.5 Å². The van der Waals surface area contributed by atoms with Crippen LogP contribution in [0.15, 0.2) is 91.0 Å². The third kappa shape index (κ3) is 2.58. The summed E-state index contributed by atoms with van der Waals surface area (Å²) >= 11 is 0. The van der Waals surface area contributed by atoms with Crippen LogP contribution in [0, 0.1) is 11.8 Å². The van der Waals surface area contributed by atoms with Crippen LogP contribution in [-0.2, 0) is 0 Å². The molecule has 0 bridgehead atoms. The van der Waals surface area contributed by atoms with Gasteiger partial charge in [0.05, 0.1) is 5.69 Å². The summed E-state index contributed by atoms with van der Waals surface area (Å²) in [6, 6.07) is 31.9. The summed E-state index contributed by atoms with van der Waals surface area (Å²) in [5, 5.41) is 2.54. The van der Waals surface area contributed by atoms with Crippen LogP contribution >= 0.6 is 0 Å². The quantitative estimate of drug-likeness (QED) is 0.351. The molecule has 0 spiro atoms. The van der Waals surface area contributed by atoms with Gasteiger partial charge in [-0.2, -0.15) is 0 Å². The van der Waals surface area contributed by atoms with Crippen molar-refractivity contribution in [3.8, 4) is 23.0 Å². The molecular formula is C26H19N. The molecule has 0 fully saturated rings. The minimum atomic E-state index is 0.0275. The molecule has 1 heteroatoms. The second-order valence-electron chi connectivity index (χ2n) is 6.92. The number of nitrogens with zero attached hydrogens (tertiary/aromatic N) is 1. The second kappa shape index (κ2) is 6.34.